The second-order valence-corrected chi connectivity index (χ2v) is 7.22. The van der Waals surface area contributed by atoms with Crippen LogP contribution in [0.5, 0.6) is 11.5 Å². The summed E-state index contributed by atoms with van der Waals surface area (Å²) in [6.45, 7) is 3.77. The van der Waals surface area contributed by atoms with Crippen LogP contribution in [0.1, 0.15) is 12.5 Å². The van der Waals surface area contributed by atoms with Crippen molar-refractivity contribution in [3.8, 4) is 11.5 Å². The quantitative estimate of drug-likeness (QED) is 0.682. The summed E-state index contributed by atoms with van der Waals surface area (Å²) >= 11 is 0. The SMILES string of the molecule is CC(Oc1ccccc1)C(=O)N1CCN(Cc2ccc(OCC(F)(F)F)cc2)CC1. The number of carbonyl (C=O) groups is 1. The number of rotatable bonds is 7. The maximum absolute atomic E-state index is 12.6. The van der Waals surface area contributed by atoms with Crippen molar-refractivity contribution >= 4 is 5.91 Å². The second kappa shape index (κ2) is 9.84. The largest absolute Gasteiger partial charge is 0.484 e. The molecule has 1 aliphatic rings. The third-order valence-corrected chi connectivity index (χ3v) is 4.82. The topological polar surface area (TPSA) is 42.0 Å². The Morgan fingerprint density at radius 3 is 2.20 bits per heavy atom. The number of alkyl halides is 3. The Bertz CT molecular complexity index is 805. The lowest BCUT2D eigenvalue weighted by molar-refractivity contribution is -0.153. The fourth-order valence-electron chi connectivity index (χ4n) is 3.25. The third kappa shape index (κ3) is 6.66. The molecule has 8 heteroatoms. The predicted molar refractivity (Wildman–Crippen MR) is 106 cm³/mol. The normalized spacial score (nSPS) is 16.2. The number of benzene rings is 2. The molecule has 1 amide bonds. The number of nitrogens with zero attached hydrogens (tertiary/aromatic N) is 2. The van der Waals surface area contributed by atoms with Gasteiger partial charge in [0.1, 0.15) is 11.5 Å². The van der Waals surface area contributed by atoms with Gasteiger partial charge in [0.15, 0.2) is 12.7 Å². The highest BCUT2D eigenvalue weighted by Gasteiger charge is 2.28. The molecule has 1 heterocycles. The number of ether oxygens (including phenoxy) is 2. The smallest absolute Gasteiger partial charge is 0.422 e. The van der Waals surface area contributed by atoms with Gasteiger partial charge < -0.3 is 14.4 Å². The van der Waals surface area contributed by atoms with Gasteiger partial charge in [-0.1, -0.05) is 30.3 Å². The van der Waals surface area contributed by atoms with Gasteiger partial charge in [0.25, 0.3) is 5.91 Å². The van der Waals surface area contributed by atoms with E-state index in [1.165, 1.54) is 0 Å². The first kappa shape index (κ1) is 22.0. The molecule has 1 atom stereocenters. The Hall–Kier alpha value is -2.74. The monoisotopic (exact) mass is 422 g/mol. The molecule has 1 unspecified atom stereocenters. The molecule has 2 aromatic carbocycles. The highest BCUT2D eigenvalue weighted by Crippen LogP contribution is 2.20. The minimum atomic E-state index is -4.35. The maximum Gasteiger partial charge on any atom is 0.422 e. The van der Waals surface area contributed by atoms with E-state index in [4.69, 9.17) is 9.47 Å². The number of amides is 1. The summed E-state index contributed by atoms with van der Waals surface area (Å²) in [5, 5.41) is 0. The minimum Gasteiger partial charge on any atom is -0.484 e. The van der Waals surface area contributed by atoms with Crippen LogP contribution in [0.15, 0.2) is 54.6 Å². The van der Waals surface area contributed by atoms with Crippen LogP contribution >= 0.6 is 0 Å². The molecule has 0 radical (unpaired) electrons. The van der Waals surface area contributed by atoms with Gasteiger partial charge in [0.2, 0.25) is 0 Å². The summed E-state index contributed by atoms with van der Waals surface area (Å²) < 4.78 is 47.1. The third-order valence-electron chi connectivity index (χ3n) is 4.82. The van der Waals surface area contributed by atoms with E-state index in [0.29, 0.717) is 25.4 Å². The molecule has 1 saturated heterocycles. The predicted octanol–water partition coefficient (Wildman–Crippen LogP) is 3.74. The zero-order valence-corrected chi connectivity index (χ0v) is 16.8. The molecule has 0 aromatic heterocycles. The first-order valence-corrected chi connectivity index (χ1v) is 9.81. The molecule has 0 saturated carbocycles. The van der Waals surface area contributed by atoms with Crippen molar-refractivity contribution < 1.29 is 27.4 Å². The van der Waals surface area contributed by atoms with Crippen LogP contribution in [0, 0.1) is 0 Å². The van der Waals surface area contributed by atoms with E-state index in [9.17, 15) is 18.0 Å². The fraction of sp³-hybridized carbons (Fsp3) is 0.409. The highest BCUT2D eigenvalue weighted by molar-refractivity contribution is 5.81. The Labute approximate surface area is 174 Å². The number of piperazine rings is 1. The Morgan fingerprint density at radius 1 is 0.967 bits per heavy atom. The van der Waals surface area contributed by atoms with Crippen LogP contribution in [0.3, 0.4) is 0 Å². The lowest BCUT2D eigenvalue weighted by Gasteiger charge is -2.35. The average molecular weight is 422 g/mol. The van der Waals surface area contributed by atoms with Crippen LogP contribution in [-0.2, 0) is 11.3 Å². The van der Waals surface area contributed by atoms with E-state index in [0.717, 1.165) is 18.7 Å². The zero-order chi connectivity index (χ0) is 21.6. The molecule has 30 heavy (non-hydrogen) atoms. The van der Waals surface area contributed by atoms with Gasteiger partial charge >= 0.3 is 6.18 Å². The van der Waals surface area contributed by atoms with Gasteiger partial charge in [0, 0.05) is 32.7 Å². The van der Waals surface area contributed by atoms with Crippen LogP contribution in [-0.4, -0.2) is 60.8 Å². The molecular weight excluding hydrogens is 397 g/mol. The summed E-state index contributed by atoms with van der Waals surface area (Å²) in [6.07, 6.45) is -4.90. The number of hydrogen-bond acceptors (Lipinski definition) is 4. The molecule has 0 aliphatic carbocycles. The van der Waals surface area contributed by atoms with Crippen molar-refractivity contribution in [2.24, 2.45) is 0 Å². The van der Waals surface area contributed by atoms with Gasteiger partial charge in [-0.25, -0.2) is 0 Å². The summed E-state index contributed by atoms with van der Waals surface area (Å²) in [7, 11) is 0. The summed E-state index contributed by atoms with van der Waals surface area (Å²) in [5.74, 6) is 0.822. The molecule has 2 aromatic rings. The first-order valence-electron chi connectivity index (χ1n) is 9.81. The van der Waals surface area contributed by atoms with Crippen LogP contribution in [0.2, 0.25) is 0 Å². The molecule has 162 valence electrons. The number of carbonyl (C=O) groups excluding carboxylic acids is 1. The van der Waals surface area contributed by atoms with Crippen LogP contribution < -0.4 is 9.47 Å². The summed E-state index contributed by atoms with van der Waals surface area (Å²) in [6, 6.07) is 15.9. The molecule has 0 spiro atoms. The molecule has 1 aliphatic heterocycles. The molecule has 0 N–H and O–H groups in total. The van der Waals surface area contributed by atoms with E-state index < -0.39 is 18.9 Å². The Balaban J connectivity index is 1.43. The van der Waals surface area contributed by atoms with Gasteiger partial charge in [-0.15, -0.1) is 0 Å². The van der Waals surface area contributed by atoms with Crippen LogP contribution in [0.25, 0.3) is 0 Å². The number of para-hydroxylation sites is 1. The molecule has 3 rings (SSSR count). The maximum atomic E-state index is 12.6. The lowest BCUT2D eigenvalue weighted by Crippen LogP contribution is -2.51. The lowest BCUT2D eigenvalue weighted by atomic mass is 10.2. The van der Waals surface area contributed by atoms with Gasteiger partial charge in [0.05, 0.1) is 0 Å². The van der Waals surface area contributed by atoms with E-state index in [1.54, 1.807) is 36.1 Å². The summed E-state index contributed by atoms with van der Waals surface area (Å²) in [4.78, 5) is 16.6. The Morgan fingerprint density at radius 2 is 1.60 bits per heavy atom. The molecule has 5 nitrogen and oxygen atoms in total. The van der Waals surface area contributed by atoms with Crippen molar-refractivity contribution in [2.75, 3.05) is 32.8 Å². The number of hydrogen-bond donors (Lipinski definition) is 0. The van der Waals surface area contributed by atoms with E-state index in [-0.39, 0.29) is 11.7 Å². The number of halogens is 3. The van der Waals surface area contributed by atoms with E-state index in [2.05, 4.69) is 4.90 Å². The fourth-order valence-corrected chi connectivity index (χ4v) is 3.25. The molecule has 1 fully saturated rings. The Kier molecular flexibility index (Phi) is 7.20. The standard InChI is InChI=1S/C22H25F3N2O3/c1-17(30-20-5-3-2-4-6-20)21(28)27-13-11-26(12-14-27)15-18-7-9-19(10-8-18)29-16-22(23,24)25/h2-10,17H,11-16H2,1H3. The summed E-state index contributed by atoms with van der Waals surface area (Å²) in [5.41, 5.74) is 0.981. The average Bonchev–Trinajstić information content (AvgIpc) is 2.73. The minimum absolute atomic E-state index is 0.0373. The molecular formula is C22H25F3N2O3. The van der Waals surface area contributed by atoms with Crippen molar-refractivity contribution in [3.63, 3.8) is 0 Å². The van der Waals surface area contributed by atoms with Gasteiger partial charge in [-0.3, -0.25) is 9.69 Å². The van der Waals surface area contributed by atoms with Crippen LogP contribution in [0.4, 0.5) is 13.2 Å². The van der Waals surface area contributed by atoms with Crippen molar-refractivity contribution in [1.82, 2.24) is 9.80 Å². The highest BCUT2D eigenvalue weighted by atomic mass is 19.4. The van der Waals surface area contributed by atoms with Gasteiger partial charge in [-0.05, 0) is 36.8 Å². The van der Waals surface area contributed by atoms with Crippen molar-refractivity contribution in [2.45, 2.75) is 25.7 Å². The second-order valence-electron chi connectivity index (χ2n) is 7.22. The van der Waals surface area contributed by atoms with E-state index in [1.807, 2.05) is 30.3 Å². The van der Waals surface area contributed by atoms with Crippen molar-refractivity contribution in [1.29, 1.82) is 0 Å². The van der Waals surface area contributed by atoms with E-state index >= 15 is 0 Å². The molecule has 0 bridgehead atoms. The first-order chi connectivity index (χ1) is 14.3. The van der Waals surface area contributed by atoms with Gasteiger partial charge in [-0.2, -0.15) is 13.2 Å². The zero-order valence-electron chi connectivity index (χ0n) is 16.8. The van der Waals surface area contributed by atoms with Crippen molar-refractivity contribution in [3.05, 3.63) is 60.2 Å².